The lowest BCUT2D eigenvalue weighted by molar-refractivity contribution is 0.0976. The zero-order valence-corrected chi connectivity index (χ0v) is 12.8. The third-order valence-electron chi connectivity index (χ3n) is 2.44. The van der Waals surface area contributed by atoms with Crippen molar-refractivity contribution in [1.29, 1.82) is 0 Å². The molecule has 4 nitrogen and oxygen atoms in total. The van der Waals surface area contributed by atoms with Gasteiger partial charge in [-0.15, -0.1) is 0 Å². The van der Waals surface area contributed by atoms with Gasteiger partial charge in [0.25, 0.3) is 5.91 Å². The molecule has 0 fully saturated rings. The Morgan fingerprint density at radius 2 is 1.65 bits per heavy atom. The second kappa shape index (κ2) is 7.02. The number of benzene rings is 2. The van der Waals surface area contributed by atoms with Gasteiger partial charge in [-0.1, -0.05) is 30.3 Å². The lowest BCUT2D eigenvalue weighted by Crippen LogP contribution is -2.42. The van der Waals surface area contributed by atoms with E-state index in [0.717, 1.165) is 10.2 Å². The van der Waals surface area contributed by atoms with Gasteiger partial charge in [0.2, 0.25) is 0 Å². The summed E-state index contributed by atoms with van der Waals surface area (Å²) in [5.74, 6) is -0.273. The number of halogens is 1. The molecule has 0 radical (unpaired) electrons. The fourth-order valence-corrected chi connectivity index (χ4v) is 2.11. The highest BCUT2D eigenvalue weighted by molar-refractivity contribution is 9.10. The fourth-order valence-electron chi connectivity index (χ4n) is 1.50. The molecule has 0 aliphatic carbocycles. The van der Waals surface area contributed by atoms with Crippen LogP contribution in [0, 0.1) is 0 Å². The fraction of sp³-hybridized carbons (Fsp3) is 0. The summed E-state index contributed by atoms with van der Waals surface area (Å²) in [6.07, 6.45) is 0. The molecule has 0 aromatic heterocycles. The molecule has 1 amide bonds. The van der Waals surface area contributed by atoms with Crippen molar-refractivity contribution < 1.29 is 4.79 Å². The first-order valence-electron chi connectivity index (χ1n) is 5.84. The highest BCUT2D eigenvalue weighted by Crippen LogP contribution is 2.15. The van der Waals surface area contributed by atoms with Crippen molar-refractivity contribution in [2.24, 2.45) is 0 Å². The van der Waals surface area contributed by atoms with Gasteiger partial charge in [0.05, 0.1) is 11.3 Å². The van der Waals surface area contributed by atoms with Crippen LogP contribution in [0.5, 0.6) is 0 Å². The molecule has 0 heterocycles. The molecular formula is C14H12BrN3OS. The van der Waals surface area contributed by atoms with Crippen molar-refractivity contribution in [2.75, 3.05) is 5.43 Å². The van der Waals surface area contributed by atoms with Crippen molar-refractivity contribution in [3.05, 3.63) is 64.6 Å². The smallest absolute Gasteiger partial charge is 0.258 e. The molecule has 0 aliphatic heterocycles. The van der Waals surface area contributed by atoms with E-state index in [1.54, 1.807) is 18.2 Å². The summed E-state index contributed by atoms with van der Waals surface area (Å²) in [6, 6.07) is 16.6. The van der Waals surface area contributed by atoms with Crippen LogP contribution >= 0.6 is 28.1 Å². The maximum absolute atomic E-state index is 12.0. The number of hydrogen-bond acceptors (Lipinski definition) is 3. The van der Waals surface area contributed by atoms with E-state index in [4.69, 9.17) is 12.2 Å². The molecule has 0 spiro atoms. The molecule has 0 saturated carbocycles. The first kappa shape index (κ1) is 14.5. The Kier molecular flexibility index (Phi) is 5.09. The summed E-state index contributed by atoms with van der Waals surface area (Å²) in [5.41, 5.74) is 7.03. The molecule has 0 aliphatic rings. The van der Waals surface area contributed by atoms with Crippen LogP contribution in [0.1, 0.15) is 10.4 Å². The second-order valence-corrected chi connectivity index (χ2v) is 5.14. The molecule has 2 aromatic carbocycles. The van der Waals surface area contributed by atoms with Crippen molar-refractivity contribution in [1.82, 2.24) is 10.7 Å². The Morgan fingerprint density at radius 3 is 2.35 bits per heavy atom. The van der Waals surface area contributed by atoms with Gasteiger partial charge in [-0.05, 0) is 52.4 Å². The summed E-state index contributed by atoms with van der Waals surface area (Å²) in [6.45, 7) is 0. The van der Waals surface area contributed by atoms with Gasteiger partial charge >= 0.3 is 0 Å². The van der Waals surface area contributed by atoms with Crippen LogP contribution in [0.4, 0.5) is 5.69 Å². The number of hydrogen-bond donors (Lipinski definition) is 3. The number of para-hydroxylation sites is 1. The number of hydrazine groups is 1. The average Bonchev–Trinajstić information content (AvgIpc) is 2.46. The normalized spacial score (nSPS) is 9.65. The van der Waals surface area contributed by atoms with Gasteiger partial charge in [0.1, 0.15) is 0 Å². The Balaban J connectivity index is 1.89. The Labute approximate surface area is 130 Å². The molecule has 2 aromatic rings. The average molecular weight is 350 g/mol. The van der Waals surface area contributed by atoms with E-state index in [-0.39, 0.29) is 11.0 Å². The van der Waals surface area contributed by atoms with Crippen molar-refractivity contribution in [3.63, 3.8) is 0 Å². The molecular weight excluding hydrogens is 338 g/mol. The largest absolute Gasteiger partial charge is 0.299 e. The topological polar surface area (TPSA) is 53.2 Å². The van der Waals surface area contributed by atoms with E-state index in [1.165, 1.54) is 0 Å². The van der Waals surface area contributed by atoms with E-state index >= 15 is 0 Å². The van der Waals surface area contributed by atoms with E-state index in [0.29, 0.717) is 5.56 Å². The van der Waals surface area contributed by atoms with Crippen molar-refractivity contribution >= 4 is 44.9 Å². The third kappa shape index (κ3) is 4.04. The molecule has 0 unspecified atom stereocenters. The summed E-state index contributed by atoms with van der Waals surface area (Å²) < 4.78 is 0.719. The summed E-state index contributed by atoms with van der Waals surface area (Å²) in [7, 11) is 0. The van der Waals surface area contributed by atoms with Crippen molar-refractivity contribution in [3.8, 4) is 0 Å². The summed E-state index contributed by atoms with van der Waals surface area (Å²) in [5, 5.41) is 2.80. The molecule has 102 valence electrons. The number of thiocarbonyl (C=S) groups is 1. The van der Waals surface area contributed by atoms with Crippen LogP contribution in [0.25, 0.3) is 0 Å². The van der Waals surface area contributed by atoms with Crippen LogP contribution in [0.15, 0.2) is 59.1 Å². The number of amides is 1. The number of rotatable bonds is 3. The predicted octanol–water partition coefficient (Wildman–Crippen LogP) is 3.08. The first-order chi connectivity index (χ1) is 9.66. The van der Waals surface area contributed by atoms with E-state index in [1.807, 2.05) is 36.4 Å². The standard InChI is InChI=1S/C14H12BrN3OS/c15-12-9-5-4-8-11(12)13(19)16-14(20)18-17-10-6-2-1-3-7-10/h1-9,17H,(H2,16,18,19,20). The van der Waals surface area contributed by atoms with Gasteiger partial charge in [-0.3, -0.25) is 21.0 Å². The molecule has 0 bridgehead atoms. The Hall–Kier alpha value is -1.92. The number of anilines is 1. The van der Waals surface area contributed by atoms with E-state index in [9.17, 15) is 4.79 Å². The molecule has 2 rings (SSSR count). The van der Waals surface area contributed by atoms with E-state index < -0.39 is 0 Å². The van der Waals surface area contributed by atoms with Gasteiger partial charge in [-0.2, -0.15) is 0 Å². The molecule has 0 saturated heterocycles. The molecule has 6 heteroatoms. The van der Waals surface area contributed by atoms with E-state index in [2.05, 4.69) is 32.1 Å². The number of nitrogens with one attached hydrogen (secondary N) is 3. The first-order valence-corrected chi connectivity index (χ1v) is 7.04. The van der Waals surface area contributed by atoms with Gasteiger partial charge < -0.3 is 0 Å². The van der Waals surface area contributed by atoms with Crippen LogP contribution in [-0.4, -0.2) is 11.0 Å². The highest BCUT2D eigenvalue weighted by Gasteiger charge is 2.10. The summed E-state index contributed by atoms with van der Waals surface area (Å²) in [4.78, 5) is 12.0. The molecule has 3 N–H and O–H groups in total. The van der Waals surface area contributed by atoms with Crippen LogP contribution in [0.2, 0.25) is 0 Å². The highest BCUT2D eigenvalue weighted by atomic mass is 79.9. The molecule has 0 atom stereocenters. The number of carbonyl (C=O) groups excluding carboxylic acids is 1. The quantitative estimate of drug-likeness (QED) is 0.588. The SMILES string of the molecule is O=C(NC(=S)NNc1ccccc1)c1ccccc1Br. The van der Waals surface area contributed by atoms with Crippen LogP contribution < -0.4 is 16.2 Å². The van der Waals surface area contributed by atoms with Gasteiger partial charge in [0.15, 0.2) is 5.11 Å². The minimum atomic E-state index is -0.273. The van der Waals surface area contributed by atoms with Crippen LogP contribution in [0.3, 0.4) is 0 Å². The molecule has 20 heavy (non-hydrogen) atoms. The lowest BCUT2D eigenvalue weighted by Gasteiger charge is -2.12. The zero-order valence-electron chi connectivity index (χ0n) is 10.4. The minimum Gasteiger partial charge on any atom is -0.299 e. The maximum Gasteiger partial charge on any atom is 0.258 e. The van der Waals surface area contributed by atoms with Gasteiger partial charge in [0, 0.05) is 4.47 Å². The summed E-state index contributed by atoms with van der Waals surface area (Å²) >= 11 is 8.37. The maximum atomic E-state index is 12.0. The zero-order chi connectivity index (χ0) is 14.4. The lowest BCUT2D eigenvalue weighted by atomic mass is 10.2. The Bertz CT molecular complexity index is 619. The number of carbonyl (C=O) groups is 1. The monoisotopic (exact) mass is 349 g/mol. The van der Waals surface area contributed by atoms with Crippen molar-refractivity contribution in [2.45, 2.75) is 0 Å². The minimum absolute atomic E-state index is 0.203. The second-order valence-electron chi connectivity index (χ2n) is 3.88. The van der Waals surface area contributed by atoms with Crippen LogP contribution in [-0.2, 0) is 0 Å². The Morgan fingerprint density at radius 1 is 1.00 bits per heavy atom. The van der Waals surface area contributed by atoms with Gasteiger partial charge in [-0.25, -0.2) is 0 Å². The predicted molar refractivity (Wildman–Crippen MR) is 87.4 cm³/mol. The third-order valence-corrected chi connectivity index (χ3v) is 3.34.